The minimum atomic E-state index is 0.336. The molecule has 24 heavy (non-hydrogen) atoms. The van der Waals surface area contributed by atoms with Crippen LogP contribution in [0.5, 0.6) is 5.75 Å². The van der Waals surface area contributed by atoms with Crippen molar-refractivity contribution in [1.82, 2.24) is 10.3 Å². The van der Waals surface area contributed by atoms with Crippen LogP contribution in [0.25, 0.3) is 10.9 Å². The lowest BCUT2D eigenvalue weighted by molar-refractivity contribution is 0.157. The van der Waals surface area contributed by atoms with Crippen molar-refractivity contribution in [2.45, 2.75) is 58.0 Å². The standard InChI is InChI=1S/C20H25ClN2O/c1-13-15-9-11-22-12-10-17(15)23-20-16(21)7-8-18(19(13)20)24-14-5-3-2-4-6-14/h7-8,14,22H,2-6,9-12H2,1H3. The van der Waals surface area contributed by atoms with Crippen molar-refractivity contribution in [3.05, 3.63) is 34.0 Å². The summed E-state index contributed by atoms with van der Waals surface area (Å²) in [5.74, 6) is 0.964. The number of aromatic nitrogens is 1. The SMILES string of the molecule is Cc1c2c(nc3c(Cl)ccc(OC4CCCCC4)c13)CCNCC2. The minimum absolute atomic E-state index is 0.336. The molecule has 2 aromatic rings. The van der Waals surface area contributed by atoms with Gasteiger partial charge in [-0.3, -0.25) is 4.98 Å². The highest BCUT2D eigenvalue weighted by Crippen LogP contribution is 2.37. The molecule has 3 nitrogen and oxygen atoms in total. The lowest BCUT2D eigenvalue weighted by Gasteiger charge is -2.25. The molecule has 0 atom stereocenters. The van der Waals surface area contributed by atoms with Crippen LogP contribution in [0.3, 0.4) is 0 Å². The van der Waals surface area contributed by atoms with E-state index >= 15 is 0 Å². The third kappa shape index (κ3) is 3.00. The minimum Gasteiger partial charge on any atom is -0.490 e. The number of ether oxygens (including phenoxy) is 1. The summed E-state index contributed by atoms with van der Waals surface area (Å²) in [6.07, 6.45) is 8.53. The predicted octanol–water partition coefficient (Wildman–Crippen LogP) is 4.60. The van der Waals surface area contributed by atoms with Crippen molar-refractivity contribution >= 4 is 22.5 Å². The summed E-state index contributed by atoms with van der Waals surface area (Å²) < 4.78 is 6.41. The second-order valence-electron chi connectivity index (χ2n) is 7.06. The van der Waals surface area contributed by atoms with Crippen molar-refractivity contribution in [3.8, 4) is 5.75 Å². The van der Waals surface area contributed by atoms with Crippen molar-refractivity contribution in [2.24, 2.45) is 0 Å². The Bertz CT molecular complexity index is 753. The largest absolute Gasteiger partial charge is 0.490 e. The highest BCUT2D eigenvalue weighted by Gasteiger charge is 2.21. The van der Waals surface area contributed by atoms with Gasteiger partial charge in [-0.25, -0.2) is 0 Å². The van der Waals surface area contributed by atoms with E-state index in [9.17, 15) is 0 Å². The molecule has 0 unspecified atom stereocenters. The Morgan fingerprint density at radius 1 is 1.12 bits per heavy atom. The van der Waals surface area contributed by atoms with Gasteiger partial charge in [0.25, 0.3) is 0 Å². The molecule has 0 amide bonds. The number of nitrogens with one attached hydrogen (secondary N) is 1. The molecule has 128 valence electrons. The number of aryl methyl sites for hydroxylation is 1. The van der Waals surface area contributed by atoms with E-state index in [4.69, 9.17) is 21.3 Å². The second-order valence-corrected chi connectivity index (χ2v) is 7.47. The number of pyridine rings is 1. The number of nitrogens with zero attached hydrogens (tertiary/aromatic N) is 1. The maximum Gasteiger partial charge on any atom is 0.129 e. The Morgan fingerprint density at radius 2 is 1.92 bits per heavy atom. The molecule has 2 heterocycles. The first-order chi connectivity index (χ1) is 11.7. The van der Waals surface area contributed by atoms with Crippen LogP contribution < -0.4 is 10.1 Å². The molecule has 4 heteroatoms. The fourth-order valence-electron chi connectivity index (χ4n) is 4.13. The number of rotatable bonds is 2. The number of benzene rings is 1. The lowest BCUT2D eigenvalue weighted by Crippen LogP contribution is -2.20. The molecule has 0 saturated heterocycles. The summed E-state index contributed by atoms with van der Waals surface area (Å²) in [5, 5.41) is 5.31. The van der Waals surface area contributed by atoms with E-state index in [1.807, 2.05) is 12.1 Å². The zero-order valence-electron chi connectivity index (χ0n) is 14.3. The molecule has 0 radical (unpaired) electrons. The molecule has 1 aromatic carbocycles. The van der Waals surface area contributed by atoms with Crippen molar-refractivity contribution < 1.29 is 4.74 Å². The summed E-state index contributed by atoms with van der Waals surface area (Å²) in [6.45, 7) is 4.21. The molecule has 0 bridgehead atoms. The molecule has 1 aliphatic carbocycles. The van der Waals surface area contributed by atoms with Gasteiger partial charge >= 0.3 is 0 Å². The van der Waals surface area contributed by atoms with Crippen molar-refractivity contribution in [3.63, 3.8) is 0 Å². The van der Waals surface area contributed by atoms with Gasteiger partial charge in [-0.15, -0.1) is 0 Å². The fraction of sp³-hybridized carbons (Fsp3) is 0.550. The van der Waals surface area contributed by atoms with E-state index in [1.54, 1.807) is 0 Å². The van der Waals surface area contributed by atoms with Gasteiger partial charge in [0.1, 0.15) is 5.75 Å². The monoisotopic (exact) mass is 344 g/mol. The fourth-order valence-corrected chi connectivity index (χ4v) is 4.33. The molecule has 4 rings (SSSR count). The van der Waals surface area contributed by atoms with E-state index in [0.717, 1.165) is 60.4 Å². The highest BCUT2D eigenvalue weighted by molar-refractivity contribution is 6.35. The average Bonchev–Trinajstić information content (AvgIpc) is 2.84. The van der Waals surface area contributed by atoms with E-state index in [0.29, 0.717) is 6.10 Å². The van der Waals surface area contributed by atoms with Gasteiger partial charge in [0, 0.05) is 24.0 Å². The van der Waals surface area contributed by atoms with Crippen LogP contribution in [0.2, 0.25) is 5.02 Å². The Balaban J connectivity index is 1.82. The van der Waals surface area contributed by atoms with Crippen LogP contribution in [-0.2, 0) is 12.8 Å². The summed E-state index contributed by atoms with van der Waals surface area (Å²) in [7, 11) is 0. The molecule has 0 spiro atoms. The first-order valence-electron chi connectivity index (χ1n) is 9.22. The summed E-state index contributed by atoms with van der Waals surface area (Å²) in [5.41, 5.74) is 4.78. The molecular weight excluding hydrogens is 320 g/mol. The maximum atomic E-state index is 6.49. The Morgan fingerprint density at radius 3 is 2.75 bits per heavy atom. The topological polar surface area (TPSA) is 34.1 Å². The van der Waals surface area contributed by atoms with Crippen LogP contribution >= 0.6 is 11.6 Å². The Hall–Kier alpha value is -1.32. The molecule has 1 fully saturated rings. The van der Waals surface area contributed by atoms with Gasteiger partial charge in [0.2, 0.25) is 0 Å². The van der Waals surface area contributed by atoms with Gasteiger partial charge in [0.05, 0.1) is 16.6 Å². The lowest BCUT2D eigenvalue weighted by atomic mass is 9.96. The van der Waals surface area contributed by atoms with Crippen LogP contribution in [0.4, 0.5) is 0 Å². The van der Waals surface area contributed by atoms with E-state index in [-0.39, 0.29) is 0 Å². The van der Waals surface area contributed by atoms with Gasteiger partial charge in [-0.1, -0.05) is 18.0 Å². The zero-order chi connectivity index (χ0) is 16.5. The molecule has 1 N–H and O–H groups in total. The predicted molar refractivity (Wildman–Crippen MR) is 99.3 cm³/mol. The first-order valence-corrected chi connectivity index (χ1v) is 9.60. The third-order valence-corrected chi connectivity index (χ3v) is 5.75. The zero-order valence-corrected chi connectivity index (χ0v) is 15.1. The number of halogens is 1. The van der Waals surface area contributed by atoms with Crippen LogP contribution in [0, 0.1) is 6.92 Å². The van der Waals surface area contributed by atoms with Gasteiger partial charge < -0.3 is 10.1 Å². The van der Waals surface area contributed by atoms with Crippen molar-refractivity contribution in [1.29, 1.82) is 0 Å². The second kappa shape index (κ2) is 6.89. The third-order valence-electron chi connectivity index (χ3n) is 5.45. The Labute approximate surface area is 148 Å². The molecule has 1 saturated carbocycles. The average molecular weight is 345 g/mol. The number of hydrogen-bond donors (Lipinski definition) is 1. The van der Waals surface area contributed by atoms with Crippen molar-refractivity contribution in [2.75, 3.05) is 13.1 Å². The normalized spacial score (nSPS) is 19.1. The van der Waals surface area contributed by atoms with Crippen LogP contribution in [-0.4, -0.2) is 24.2 Å². The van der Waals surface area contributed by atoms with Gasteiger partial charge in [0.15, 0.2) is 0 Å². The highest BCUT2D eigenvalue weighted by atomic mass is 35.5. The van der Waals surface area contributed by atoms with Gasteiger partial charge in [-0.05, 0) is 68.8 Å². The van der Waals surface area contributed by atoms with E-state index in [2.05, 4.69) is 12.2 Å². The smallest absolute Gasteiger partial charge is 0.129 e. The molecular formula is C20H25ClN2O. The van der Waals surface area contributed by atoms with E-state index in [1.165, 1.54) is 36.1 Å². The number of hydrogen-bond acceptors (Lipinski definition) is 3. The molecule has 1 aliphatic heterocycles. The van der Waals surface area contributed by atoms with Gasteiger partial charge in [-0.2, -0.15) is 0 Å². The molecule has 1 aromatic heterocycles. The first kappa shape index (κ1) is 16.2. The Kier molecular flexibility index (Phi) is 4.64. The van der Waals surface area contributed by atoms with Crippen LogP contribution in [0.1, 0.15) is 48.9 Å². The maximum absolute atomic E-state index is 6.49. The van der Waals surface area contributed by atoms with E-state index < -0.39 is 0 Å². The van der Waals surface area contributed by atoms with Crippen LogP contribution in [0.15, 0.2) is 12.1 Å². The summed E-state index contributed by atoms with van der Waals surface area (Å²) >= 11 is 6.49. The summed E-state index contributed by atoms with van der Waals surface area (Å²) in [6, 6.07) is 3.98. The number of fused-ring (bicyclic) bond motifs is 2. The quantitative estimate of drug-likeness (QED) is 0.864. The summed E-state index contributed by atoms with van der Waals surface area (Å²) in [4.78, 5) is 4.94. The molecule has 2 aliphatic rings.